The zero-order chi connectivity index (χ0) is 13.8. The van der Waals surface area contributed by atoms with Crippen LogP contribution in [0.3, 0.4) is 0 Å². The van der Waals surface area contributed by atoms with Crippen molar-refractivity contribution < 1.29 is 9.90 Å². The van der Waals surface area contributed by atoms with Gasteiger partial charge in [0.2, 0.25) is 0 Å². The van der Waals surface area contributed by atoms with E-state index in [1.165, 1.54) is 21.8 Å². The molecule has 0 bridgehead atoms. The van der Waals surface area contributed by atoms with E-state index < -0.39 is 0 Å². The number of nitrogens with one attached hydrogen (secondary N) is 1. The van der Waals surface area contributed by atoms with Crippen molar-refractivity contribution in [3.05, 3.63) is 51.2 Å². The topological polar surface area (TPSA) is 49.3 Å². The maximum atomic E-state index is 12.1. The number of carbonyl (C=O) groups excluding carboxylic acids is 1. The predicted octanol–water partition coefficient (Wildman–Crippen LogP) is 3.36. The number of carbonyl (C=O) groups is 1. The van der Waals surface area contributed by atoms with Crippen molar-refractivity contribution in [2.75, 3.05) is 5.32 Å². The average molecular weight is 275 g/mol. The second-order valence-corrected chi connectivity index (χ2v) is 5.61. The van der Waals surface area contributed by atoms with Gasteiger partial charge < -0.3 is 10.4 Å². The summed E-state index contributed by atoms with van der Waals surface area (Å²) in [5.74, 6) is -0.0945. The summed E-state index contributed by atoms with van der Waals surface area (Å²) in [6.07, 6.45) is 0.940. The van der Waals surface area contributed by atoms with Crippen LogP contribution in [-0.2, 0) is 13.0 Å². The number of benzene rings is 1. The van der Waals surface area contributed by atoms with Crippen molar-refractivity contribution >= 4 is 22.9 Å². The highest BCUT2D eigenvalue weighted by Crippen LogP contribution is 2.23. The highest BCUT2D eigenvalue weighted by Gasteiger charge is 2.11. The highest BCUT2D eigenvalue weighted by molar-refractivity contribution is 7.14. The summed E-state index contributed by atoms with van der Waals surface area (Å²) >= 11 is 1.51. The van der Waals surface area contributed by atoms with Crippen LogP contribution in [0.15, 0.2) is 30.3 Å². The van der Waals surface area contributed by atoms with Gasteiger partial charge in [-0.3, -0.25) is 4.79 Å². The van der Waals surface area contributed by atoms with Crippen LogP contribution in [0.1, 0.15) is 32.6 Å². The Bertz CT molecular complexity index is 590. The molecular weight excluding hydrogens is 258 g/mol. The lowest BCUT2D eigenvalue weighted by molar-refractivity contribution is 0.103. The monoisotopic (exact) mass is 275 g/mol. The van der Waals surface area contributed by atoms with Crippen LogP contribution >= 0.6 is 11.3 Å². The van der Waals surface area contributed by atoms with E-state index in [9.17, 15) is 4.79 Å². The molecule has 0 aliphatic heterocycles. The molecule has 0 saturated carbocycles. The molecule has 0 aliphatic carbocycles. The van der Waals surface area contributed by atoms with Crippen molar-refractivity contribution in [1.82, 2.24) is 0 Å². The SMILES string of the molecule is CCc1cc(C(=O)Nc2cccc(CO)c2)sc1C. The number of aliphatic hydroxyl groups excluding tert-OH is 1. The third-order valence-corrected chi connectivity index (χ3v) is 4.08. The molecule has 0 spiro atoms. The molecule has 0 aliphatic rings. The van der Waals surface area contributed by atoms with Gasteiger partial charge in [0.05, 0.1) is 11.5 Å². The molecule has 2 aromatic rings. The minimum absolute atomic E-state index is 0.0260. The van der Waals surface area contributed by atoms with E-state index in [-0.39, 0.29) is 12.5 Å². The number of aliphatic hydroxyl groups is 1. The molecule has 0 saturated heterocycles. The van der Waals surface area contributed by atoms with Gasteiger partial charge in [-0.2, -0.15) is 0 Å². The van der Waals surface area contributed by atoms with E-state index in [4.69, 9.17) is 5.11 Å². The van der Waals surface area contributed by atoms with Gasteiger partial charge in [-0.1, -0.05) is 19.1 Å². The fourth-order valence-corrected chi connectivity index (χ4v) is 2.93. The highest BCUT2D eigenvalue weighted by atomic mass is 32.1. The number of anilines is 1. The van der Waals surface area contributed by atoms with Gasteiger partial charge in [-0.15, -0.1) is 11.3 Å². The minimum atomic E-state index is -0.0945. The average Bonchev–Trinajstić information content (AvgIpc) is 2.80. The lowest BCUT2D eigenvalue weighted by Gasteiger charge is -2.04. The summed E-state index contributed by atoms with van der Waals surface area (Å²) in [5, 5.41) is 11.9. The fraction of sp³-hybridized carbons (Fsp3) is 0.267. The van der Waals surface area contributed by atoms with Gasteiger partial charge in [0.15, 0.2) is 0 Å². The minimum Gasteiger partial charge on any atom is -0.392 e. The van der Waals surface area contributed by atoms with Crippen LogP contribution in [0, 0.1) is 6.92 Å². The third kappa shape index (κ3) is 3.22. The number of aryl methyl sites for hydroxylation is 2. The maximum absolute atomic E-state index is 12.1. The summed E-state index contributed by atoms with van der Waals surface area (Å²) in [7, 11) is 0. The Morgan fingerprint density at radius 3 is 2.79 bits per heavy atom. The van der Waals surface area contributed by atoms with Crippen LogP contribution in [0.4, 0.5) is 5.69 Å². The largest absolute Gasteiger partial charge is 0.392 e. The van der Waals surface area contributed by atoms with Crippen LogP contribution in [0.25, 0.3) is 0 Å². The second kappa shape index (κ2) is 5.99. The summed E-state index contributed by atoms with van der Waals surface area (Å²) in [6, 6.07) is 9.18. The molecule has 2 rings (SSSR count). The third-order valence-electron chi connectivity index (χ3n) is 2.99. The first-order valence-electron chi connectivity index (χ1n) is 6.24. The van der Waals surface area contributed by atoms with E-state index in [0.717, 1.165) is 16.9 Å². The molecule has 0 atom stereocenters. The number of thiophene rings is 1. The van der Waals surface area contributed by atoms with Gasteiger partial charge in [-0.25, -0.2) is 0 Å². The Morgan fingerprint density at radius 2 is 2.16 bits per heavy atom. The molecule has 1 amide bonds. The first-order chi connectivity index (χ1) is 9.13. The maximum Gasteiger partial charge on any atom is 0.265 e. The number of hydrogen-bond donors (Lipinski definition) is 2. The Labute approximate surface area is 116 Å². The summed E-state index contributed by atoms with van der Waals surface area (Å²) < 4.78 is 0. The molecule has 1 aromatic heterocycles. The summed E-state index contributed by atoms with van der Waals surface area (Å²) in [6.45, 7) is 4.09. The van der Waals surface area contributed by atoms with Crippen molar-refractivity contribution in [1.29, 1.82) is 0 Å². The normalized spacial score (nSPS) is 10.5. The molecule has 0 unspecified atom stereocenters. The lowest BCUT2D eigenvalue weighted by Crippen LogP contribution is -2.10. The predicted molar refractivity (Wildman–Crippen MR) is 78.8 cm³/mol. The first-order valence-corrected chi connectivity index (χ1v) is 7.06. The van der Waals surface area contributed by atoms with Crippen LogP contribution in [0.5, 0.6) is 0 Å². The molecule has 0 fully saturated rings. The van der Waals surface area contributed by atoms with Crippen molar-refractivity contribution in [2.45, 2.75) is 26.9 Å². The summed E-state index contributed by atoms with van der Waals surface area (Å²) in [5.41, 5.74) is 2.72. The standard InChI is InChI=1S/C15H17NO2S/c1-3-12-8-14(19-10(12)2)15(18)16-13-6-4-5-11(7-13)9-17/h4-8,17H,3,9H2,1-2H3,(H,16,18). The van der Waals surface area contributed by atoms with E-state index in [0.29, 0.717) is 5.69 Å². The van der Waals surface area contributed by atoms with E-state index in [1.54, 1.807) is 6.07 Å². The van der Waals surface area contributed by atoms with Gasteiger partial charge >= 0.3 is 0 Å². The number of hydrogen-bond acceptors (Lipinski definition) is 3. The second-order valence-electron chi connectivity index (χ2n) is 4.36. The Kier molecular flexibility index (Phi) is 4.35. The smallest absolute Gasteiger partial charge is 0.265 e. The Balaban J connectivity index is 2.15. The van der Waals surface area contributed by atoms with Gasteiger partial charge in [0.25, 0.3) is 5.91 Å². The zero-order valence-corrected chi connectivity index (χ0v) is 11.9. The Morgan fingerprint density at radius 1 is 1.37 bits per heavy atom. The lowest BCUT2D eigenvalue weighted by atomic mass is 10.2. The van der Waals surface area contributed by atoms with Gasteiger partial charge in [0, 0.05) is 10.6 Å². The first kappa shape index (κ1) is 13.8. The molecule has 100 valence electrons. The van der Waals surface area contributed by atoms with Crippen LogP contribution in [-0.4, -0.2) is 11.0 Å². The molecule has 1 aromatic carbocycles. The van der Waals surface area contributed by atoms with Crippen LogP contribution < -0.4 is 5.32 Å². The fourth-order valence-electron chi connectivity index (χ4n) is 1.92. The van der Waals surface area contributed by atoms with Crippen molar-refractivity contribution in [3.8, 4) is 0 Å². The molecular formula is C15H17NO2S. The molecule has 3 nitrogen and oxygen atoms in total. The van der Waals surface area contributed by atoms with Crippen LogP contribution in [0.2, 0.25) is 0 Å². The summed E-state index contributed by atoms with van der Waals surface area (Å²) in [4.78, 5) is 14.0. The quantitative estimate of drug-likeness (QED) is 0.899. The molecule has 19 heavy (non-hydrogen) atoms. The van der Waals surface area contributed by atoms with E-state index >= 15 is 0 Å². The molecule has 2 N–H and O–H groups in total. The van der Waals surface area contributed by atoms with Crippen molar-refractivity contribution in [3.63, 3.8) is 0 Å². The zero-order valence-electron chi connectivity index (χ0n) is 11.1. The van der Waals surface area contributed by atoms with Crippen molar-refractivity contribution in [2.24, 2.45) is 0 Å². The van der Waals surface area contributed by atoms with E-state index in [2.05, 4.69) is 12.2 Å². The van der Waals surface area contributed by atoms with E-state index in [1.807, 2.05) is 31.2 Å². The molecule has 4 heteroatoms. The van der Waals surface area contributed by atoms with Gasteiger partial charge in [0.1, 0.15) is 0 Å². The number of rotatable bonds is 4. The number of amides is 1. The molecule has 1 heterocycles. The van der Waals surface area contributed by atoms with Gasteiger partial charge in [-0.05, 0) is 42.7 Å². The molecule has 0 radical (unpaired) electrons. The Hall–Kier alpha value is -1.65.